The zero-order chi connectivity index (χ0) is 18.0. The summed E-state index contributed by atoms with van der Waals surface area (Å²) in [6.45, 7) is -0.472. The molecule has 0 aliphatic carbocycles. The third-order valence-corrected chi connectivity index (χ3v) is 5.25. The van der Waals surface area contributed by atoms with Crippen LogP contribution < -0.4 is 11.2 Å². The first-order chi connectivity index (χ1) is 11.9. The lowest BCUT2D eigenvalue weighted by Crippen LogP contribution is -2.43. The number of aromatic amines is 1. The standard InChI is InChI=1S/C16H14F2N2O4S/c17-16(18)11(20-7-6-13(21)19-15(20)23)9-25-12(16)8-24-14(22)10-4-2-1-3-5-10/h1-7,11-12H,8-9H2,(H,19,21,23)/t11-,12-/m1/s1. The number of carbonyl (C=O) groups is 1. The van der Waals surface area contributed by atoms with Crippen molar-refractivity contribution >= 4 is 17.7 Å². The fraction of sp³-hybridized carbons (Fsp3) is 0.312. The number of esters is 1. The number of carbonyl (C=O) groups excluding carboxylic acids is 1. The zero-order valence-corrected chi connectivity index (χ0v) is 13.7. The maximum atomic E-state index is 14.6. The van der Waals surface area contributed by atoms with Gasteiger partial charge in [-0.2, -0.15) is 0 Å². The number of halogens is 2. The second-order valence-electron chi connectivity index (χ2n) is 5.49. The van der Waals surface area contributed by atoms with Gasteiger partial charge in [-0.15, -0.1) is 11.8 Å². The molecule has 9 heteroatoms. The van der Waals surface area contributed by atoms with E-state index in [0.29, 0.717) is 0 Å². The van der Waals surface area contributed by atoms with E-state index in [1.165, 1.54) is 12.1 Å². The smallest absolute Gasteiger partial charge is 0.338 e. The number of H-pyrrole nitrogens is 1. The molecular weight excluding hydrogens is 354 g/mol. The minimum Gasteiger partial charge on any atom is -0.461 e. The summed E-state index contributed by atoms with van der Waals surface area (Å²) in [4.78, 5) is 36.7. The first-order valence-electron chi connectivity index (χ1n) is 7.42. The number of aromatic nitrogens is 2. The van der Waals surface area contributed by atoms with Crippen LogP contribution in [0.15, 0.2) is 52.2 Å². The predicted octanol–water partition coefficient (Wildman–Crippen LogP) is 1.69. The van der Waals surface area contributed by atoms with Gasteiger partial charge < -0.3 is 4.74 Å². The lowest BCUT2D eigenvalue weighted by atomic mass is 10.1. The van der Waals surface area contributed by atoms with Crippen molar-refractivity contribution in [3.8, 4) is 0 Å². The highest BCUT2D eigenvalue weighted by Crippen LogP contribution is 2.46. The highest BCUT2D eigenvalue weighted by molar-refractivity contribution is 8.00. The van der Waals surface area contributed by atoms with E-state index >= 15 is 0 Å². The lowest BCUT2D eigenvalue weighted by Gasteiger charge is -2.24. The Bertz CT molecular complexity index is 881. The van der Waals surface area contributed by atoms with Gasteiger partial charge in [0.1, 0.15) is 17.9 Å². The summed E-state index contributed by atoms with van der Waals surface area (Å²) in [5.41, 5.74) is -1.26. The third-order valence-electron chi connectivity index (χ3n) is 3.89. The molecule has 1 fully saturated rings. The Labute approximate surface area is 144 Å². The summed E-state index contributed by atoms with van der Waals surface area (Å²) < 4.78 is 35.1. The van der Waals surface area contributed by atoms with Gasteiger partial charge in [-0.05, 0) is 12.1 Å². The van der Waals surface area contributed by atoms with Crippen molar-refractivity contribution in [1.82, 2.24) is 9.55 Å². The molecule has 3 rings (SSSR count). The molecule has 0 spiro atoms. The Kier molecular flexibility index (Phi) is 4.76. The topological polar surface area (TPSA) is 81.2 Å². The second kappa shape index (κ2) is 6.83. The minimum absolute atomic E-state index is 0.0352. The molecule has 0 saturated carbocycles. The van der Waals surface area contributed by atoms with Crippen LogP contribution in [0.3, 0.4) is 0 Å². The van der Waals surface area contributed by atoms with Crippen molar-refractivity contribution in [2.45, 2.75) is 17.2 Å². The molecule has 0 amide bonds. The molecule has 25 heavy (non-hydrogen) atoms. The highest BCUT2D eigenvalue weighted by atomic mass is 32.2. The number of benzene rings is 1. The van der Waals surface area contributed by atoms with E-state index in [1.807, 2.05) is 4.98 Å². The molecule has 0 unspecified atom stereocenters. The average Bonchev–Trinajstić information content (AvgIpc) is 2.88. The van der Waals surface area contributed by atoms with E-state index in [-0.39, 0.29) is 11.3 Å². The van der Waals surface area contributed by atoms with Crippen LogP contribution in [-0.2, 0) is 4.74 Å². The summed E-state index contributed by atoms with van der Waals surface area (Å²) in [6, 6.07) is 7.69. The monoisotopic (exact) mass is 368 g/mol. The van der Waals surface area contributed by atoms with Crippen molar-refractivity contribution in [3.63, 3.8) is 0 Å². The van der Waals surface area contributed by atoms with Gasteiger partial charge in [0, 0.05) is 18.0 Å². The number of nitrogens with zero attached hydrogens (tertiary/aromatic N) is 1. The molecule has 1 aliphatic rings. The normalized spacial score (nSPS) is 21.8. The number of rotatable bonds is 4. The number of hydrogen-bond acceptors (Lipinski definition) is 5. The van der Waals surface area contributed by atoms with Crippen LogP contribution in [0.4, 0.5) is 8.78 Å². The van der Waals surface area contributed by atoms with Crippen LogP contribution >= 0.6 is 11.8 Å². The summed E-state index contributed by atoms with van der Waals surface area (Å²) in [5.74, 6) is -3.99. The summed E-state index contributed by atoms with van der Waals surface area (Å²) >= 11 is 0.923. The molecule has 2 aromatic rings. The summed E-state index contributed by atoms with van der Waals surface area (Å²) in [7, 11) is 0. The van der Waals surface area contributed by atoms with Crippen LogP contribution in [0.25, 0.3) is 0 Å². The van der Waals surface area contributed by atoms with Gasteiger partial charge in [0.05, 0.1) is 5.56 Å². The molecule has 0 radical (unpaired) electrons. The Balaban J connectivity index is 1.71. The lowest BCUT2D eigenvalue weighted by molar-refractivity contribution is -0.0505. The quantitative estimate of drug-likeness (QED) is 0.831. The van der Waals surface area contributed by atoms with E-state index in [0.717, 1.165) is 28.6 Å². The molecule has 1 aromatic heterocycles. The molecule has 1 aliphatic heterocycles. The van der Waals surface area contributed by atoms with Crippen molar-refractivity contribution < 1.29 is 18.3 Å². The van der Waals surface area contributed by atoms with Crippen LogP contribution in [0.5, 0.6) is 0 Å². The summed E-state index contributed by atoms with van der Waals surface area (Å²) in [5, 5.41) is -1.27. The number of nitrogens with one attached hydrogen (secondary N) is 1. The van der Waals surface area contributed by atoms with E-state index in [2.05, 4.69) is 0 Å². The average molecular weight is 368 g/mol. The minimum atomic E-state index is -3.27. The Hall–Kier alpha value is -2.42. The van der Waals surface area contributed by atoms with Gasteiger partial charge >= 0.3 is 11.7 Å². The van der Waals surface area contributed by atoms with Crippen LogP contribution in [0.1, 0.15) is 16.4 Å². The zero-order valence-electron chi connectivity index (χ0n) is 12.9. The Morgan fingerprint density at radius 2 is 2.00 bits per heavy atom. The van der Waals surface area contributed by atoms with Gasteiger partial charge in [-0.1, -0.05) is 18.2 Å². The van der Waals surface area contributed by atoms with Gasteiger partial charge in [0.2, 0.25) is 0 Å². The molecule has 132 valence electrons. The third kappa shape index (κ3) is 3.51. The maximum Gasteiger partial charge on any atom is 0.338 e. The number of hydrogen-bond donors (Lipinski definition) is 1. The van der Waals surface area contributed by atoms with E-state index in [1.54, 1.807) is 18.2 Å². The van der Waals surface area contributed by atoms with Crippen LogP contribution in [-0.4, -0.2) is 39.1 Å². The molecule has 2 heterocycles. The van der Waals surface area contributed by atoms with Crippen molar-refractivity contribution in [1.29, 1.82) is 0 Å². The van der Waals surface area contributed by atoms with Crippen molar-refractivity contribution in [3.05, 3.63) is 69.0 Å². The van der Waals surface area contributed by atoms with Crippen molar-refractivity contribution in [2.75, 3.05) is 12.4 Å². The van der Waals surface area contributed by atoms with Gasteiger partial charge in [0.25, 0.3) is 11.5 Å². The Morgan fingerprint density at radius 3 is 2.68 bits per heavy atom. The SMILES string of the molecule is O=C(OC[C@H]1SC[C@@H](n2ccc(=O)[nH]c2=O)C1(F)F)c1ccccc1. The Morgan fingerprint density at radius 1 is 1.28 bits per heavy atom. The largest absolute Gasteiger partial charge is 0.461 e. The number of alkyl halides is 2. The molecule has 1 N–H and O–H groups in total. The molecule has 1 saturated heterocycles. The first-order valence-corrected chi connectivity index (χ1v) is 8.47. The summed E-state index contributed by atoms with van der Waals surface area (Å²) in [6.07, 6.45) is 1.05. The second-order valence-corrected chi connectivity index (χ2v) is 6.73. The van der Waals surface area contributed by atoms with Crippen molar-refractivity contribution in [2.24, 2.45) is 0 Å². The predicted molar refractivity (Wildman–Crippen MR) is 88.3 cm³/mol. The number of ether oxygens (including phenoxy) is 1. The molecule has 0 bridgehead atoms. The van der Waals surface area contributed by atoms with Crippen LogP contribution in [0, 0.1) is 0 Å². The van der Waals surface area contributed by atoms with E-state index in [4.69, 9.17) is 4.74 Å². The molecule has 6 nitrogen and oxygen atoms in total. The van der Waals surface area contributed by atoms with Gasteiger partial charge in [0.15, 0.2) is 0 Å². The molecule has 2 atom stereocenters. The maximum absolute atomic E-state index is 14.6. The van der Waals surface area contributed by atoms with E-state index < -0.39 is 41.0 Å². The number of thioether (sulfide) groups is 1. The van der Waals surface area contributed by atoms with Gasteiger partial charge in [-0.3, -0.25) is 14.3 Å². The fourth-order valence-corrected chi connectivity index (χ4v) is 3.89. The fourth-order valence-electron chi connectivity index (χ4n) is 2.55. The highest BCUT2D eigenvalue weighted by Gasteiger charge is 2.54. The van der Waals surface area contributed by atoms with Gasteiger partial charge in [-0.25, -0.2) is 18.4 Å². The molecule has 1 aromatic carbocycles. The molecular formula is C16H14F2N2O4S. The first kappa shape index (κ1) is 17.4. The van der Waals surface area contributed by atoms with E-state index in [9.17, 15) is 23.2 Å². The van der Waals surface area contributed by atoms with Crippen LogP contribution in [0.2, 0.25) is 0 Å².